The molecule has 4 rings (SSSR count). The molecule has 0 aliphatic carbocycles. The molecule has 0 fully saturated rings. The van der Waals surface area contributed by atoms with E-state index in [1.54, 1.807) is 0 Å². The number of hydrogen-bond acceptors (Lipinski definition) is 3. The van der Waals surface area contributed by atoms with Crippen molar-refractivity contribution in [3.05, 3.63) is 144 Å². The van der Waals surface area contributed by atoms with E-state index in [0.717, 1.165) is 22.3 Å². The first kappa shape index (κ1) is 22.8. The van der Waals surface area contributed by atoms with Gasteiger partial charge in [0.15, 0.2) is 0 Å². The molecule has 1 atom stereocenters. The number of carbonyl (C=O) groups excluding carboxylic acids is 1. The summed E-state index contributed by atoms with van der Waals surface area (Å²) in [6, 6.07) is 39.2. The first-order valence-electron chi connectivity index (χ1n) is 10.9. The number of ether oxygens (including phenoxy) is 1. The minimum absolute atomic E-state index is 0.0713. The Hall–Kier alpha value is -3.40. The first-order valence-corrected chi connectivity index (χ1v) is 11.5. The summed E-state index contributed by atoms with van der Waals surface area (Å²) in [6.07, 6.45) is 0. The van der Waals surface area contributed by atoms with Gasteiger partial charge in [0.1, 0.15) is 12.6 Å². The Bertz CT molecular complexity index is 1040. The van der Waals surface area contributed by atoms with Gasteiger partial charge in [0.25, 0.3) is 0 Å². The van der Waals surface area contributed by atoms with Crippen LogP contribution in [0.1, 0.15) is 22.3 Å². The summed E-state index contributed by atoms with van der Waals surface area (Å²) < 4.78 is 5.65. The Morgan fingerprint density at radius 1 is 0.697 bits per heavy atom. The van der Waals surface area contributed by atoms with Crippen molar-refractivity contribution in [1.82, 2.24) is 5.32 Å². The van der Waals surface area contributed by atoms with Crippen molar-refractivity contribution in [2.24, 2.45) is 0 Å². The zero-order valence-electron chi connectivity index (χ0n) is 18.2. The number of benzene rings is 4. The highest BCUT2D eigenvalue weighted by Crippen LogP contribution is 2.37. The largest absolute Gasteiger partial charge is 0.460 e. The fraction of sp³-hybridized carbons (Fsp3) is 0.138. The van der Waals surface area contributed by atoms with Crippen molar-refractivity contribution < 1.29 is 9.53 Å². The van der Waals surface area contributed by atoms with Crippen LogP contribution >= 0.6 is 11.6 Å². The number of esters is 1. The van der Waals surface area contributed by atoms with Crippen molar-refractivity contribution >= 4 is 17.6 Å². The Morgan fingerprint density at radius 3 is 1.48 bits per heavy atom. The maximum absolute atomic E-state index is 13.2. The van der Waals surface area contributed by atoms with Crippen LogP contribution in [-0.4, -0.2) is 17.9 Å². The van der Waals surface area contributed by atoms with Gasteiger partial charge >= 0.3 is 5.97 Å². The Balaban J connectivity index is 1.75. The lowest BCUT2D eigenvalue weighted by Gasteiger charge is -2.39. The third kappa shape index (κ3) is 5.16. The van der Waals surface area contributed by atoms with Gasteiger partial charge in [0.05, 0.1) is 5.54 Å². The summed E-state index contributed by atoms with van der Waals surface area (Å²) in [7, 11) is 0. The second kappa shape index (κ2) is 11.0. The predicted octanol–water partition coefficient (Wildman–Crippen LogP) is 5.92. The smallest absolute Gasteiger partial charge is 0.324 e. The van der Waals surface area contributed by atoms with Crippen molar-refractivity contribution in [3.63, 3.8) is 0 Å². The van der Waals surface area contributed by atoms with Crippen LogP contribution in [0.5, 0.6) is 0 Å². The van der Waals surface area contributed by atoms with Crippen LogP contribution in [0.4, 0.5) is 0 Å². The Kier molecular flexibility index (Phi) is 7.56. The number of alkyl halides is 1. The Morgan fingerprint density at radius 2 is 1.09 bits per heavy atom. The molecule has 0 saturated carbocycles. The monoisotopic (exact) mass is 455 g/mol. The lowest BCUT2D eigenvalue weighted by atomic mass is 9.76. The Labute approximate surface area is 200 Å². The fourth-order valence-electron chi connectivity index (χ4n) is 4.07. The molecule has 0 aliphatic rings. The van der Waals surface area contributed by atoms with Crippen molar-refractivity contribution in [1.29, 1.82) is 0 Å². The van der Waals surface area contributed by atoms with E-state index >= 15 is 0 Å². The van der Waals surface area contributed by atoms with Crippen LogP contribution in [-0.2, 0) is 21.7 Å². The van der Waals surface area contributed by atoms with E-state index in [1.165, 1.54) is 0 Å². The molecule has 4 aromatic rings. The fourth-order valence-corrected chi connectivity index (χ4v) is 4.27. The van der Waals surface area contributed by atoms with Crippen LogP contribution < -0.4 is 5.32 Å². The molecule has 166 valence electrons. The molecule has 33 heavy (non-hydrogen) atoms. The van der Waals surface area contributed by atoms with Crippen LogP contribution in [0.2, 0.25) is 0 Å². The minimum Gasteiger partial charge on any atom is -0.460 e. The highest BCUT2D eigenvalue weighted by Gasteiger charge is 2.40. The predicted molar refractivity (Wildman–Crippen MR) is 133 cm³/mol. The van der Waals surface area contributed by atoms with E-state index in [0.29, 0.717) is 0 Å². The highest BCUT2D eigenvalue weighted by atomic mass is 35.5. The maximum atomic E-state index is 13.2. The number of nitrogens with one attached hydrogen (secondary N) is 1. The van der Waals surface area contributed by atoms with Crippen molar-refractivity contribution in [2.75, 3.05) is 5.88 Å². The van der Waals surface area contributed by atoms with E-state index in [4.69, 9.17) is 16.3 Å². The molecular formula is C29H26ClNO2. The van der Waals surface area contributed by atoms with Gasteiger partial charge in [-0.25, -0.2) is 0 Å². The number of hydrogen-bond donors (Lipinski definition) is 1. The lowest BCUT2D eigenvalue weighted by molar-refractivity contribution is -0.147. The van der Waals surface area contributed by atoms with E-state index in [2.05, 4.69) is 41.7 Å². The summed E-state index contributed by atoms with van der Waals surface area (Å²) in [5.41, 5.74) is 3.16. The molecule has 0 bridgehead atoms. The quantitative estimate of drug-likeness (QED) is 0.193. The number of rotatable bonds is 9. The summed E-state index contributed by atoms with van der Waals surface area (Å²) in [5, 5.41) is 3.60. The van der Waals surface area contributed by atoms with Crippen LogP contribution in [0.15, 0.2) is 121 Å². The highest BCUT2D eigenvalue weighted by molar-refractivity contribution is 6.19. The SMILES string of the molecule is O=C(OCc1ccccc1)[C@H](CCl)NC(c1ccccc1)(c1ccccc1)c1ccccc1. The lowest BCUT2D eigenvalue weighted by Crippen LogP contribution is -2.53. The zero-order chi connectivity index (χ0) is 22.9. The first-order chi connectivity index (χ1) is 16.2. The third-order valence-electron chi connectivity index (χ3n) is 5.67. The second-order valence-electron chi connectivity index (χ2n) is 7.79. The summed E-state index contributed by atoms with van der Waals surface area (Å²) in [4.78, 5) is 13.2. The molecule has 0 aromatic heterocycles. The van der Waals surface area contributed by atoms with E-state index in [9.17, 15) is 4.79 Å². The zero-order valence-corrected chi connectivity index (χ0v) is 19.0. The van der Waals surface area contributed by atoms with Gasteiger partial charge in [-0.05, 0) is 22.3 Å². The molecule has 4 aromatic carbocycles. The van der Waals surface area contributed by atoms with E-state index < -0.39 is 11.6 Å². The van der Waals surface area contributed by atoms with Crippen molar-refractivity contribution in [3.8, 4) is 0 Å². The van der Waals surface area contributed by atoms with Gasteiger partial charge in [0, 0.05) is 5.88 Å². The van der Waals surface area contributed by atoms with Gasteiger partial charge < -0.3 is 4.74 Å². The standard InChI is InChI=1S/C29H26ClNO2/c30-21-27(28(32)33-22-23-13-5-1-6-14-23)31-29(24-15-7-2-8-16-24,25-17-9-3-10-18-25)26-19-11-4-12-20-26/h1-20,27,31H,21-22H2/t27-/m0/s1. The summed E-state index contributed by atoms with van der Waals surface area (Å²) in [5.74, 6) is -0.317. The van der Waals surface area contributed by atoms with E-state index in [-0.39, 0.29) is 18.5 Å². The maximum Gasteiger partial charge on any atom is 0.324 e. The van der Waals surface area contributed by atoms with Crippen LogP contribution in [0.25, 0.3) is 0 Å². The average Bonchev–Trinajstić information content (AvgIpc) is 2.90. The molecule has 0 spiro atoms. The second-order valence-corrected chi connectivity index (χ2v) is 8.10. The molecule has 0 unspecified atom stereocenters. The number of carbonyl (C=O) groups is 1. The summed E-state index contributed by atoms with van der Waals surface area (Å²) >= 11 is 6.35. The molecule has 0 radical (unpaired) electrons. The molecular weight excluding hydrogens is 430 g/mol. The normalized spacial score (nSPS) is 12.2. The molecule has 4 heteroatoms. The van der Waals surface area contributed by atoms with Gasteiger partial charge in [-0.2, -0.15) is 0 Å². The average molecular weight is 456 g/mol. The van der Waals surface area contributed by atoms with Gasteiger partial charge in [-0.1, -0.05) is 121 Å². The van der Waals surface area contributed by atoms with Gasteiger partial charge in [0.2, 0.25) is 0 Å². The molecule has 3 nitrogen and oxygen atoms in total. The van der Waals surface area contributed by atoms with Crippen molar-refractivity contribution in [2.45, 2.75) is 18.2 Å². The minimum atomic E-state index is -0.797. The van der Waals surface area contributed by atoms with Gasteiger partial charge in [-0.3, -0.25) is 10.1 Å². The van der Waals surface area contributed by atoms with Crippen LogP contribution in [0, 0.1) is 0 Å². The number of halogens is 1. The topological polar surface area (TPSA) is 38.3 Å². The van der Waals surface area contributed by atoms with E-state index in [1.807, 2.05) is 84.9 Å². The molecule has 0 saturated heterocycles. The van der Waals surface area contributed by atoms with Gasteiger partial charge in [-0.15, -0.1) is 11.6 Å². The summed E-state index contributed by atoms with van der Waals surface area (Å²) in [6.45, 7) is 0.198. The van der Waals surface area contributed by atoms with Crippen LogP contribution in [0.3, 0.4) is 0 Å². The molecule has 1 N–H and O–H groups in total. The molecule has 0 amide bonds. The third-order valence-corrected chi connectivity index (χ3v) is 5.98. The molecule has 0 aliphatic heterocycles. The molecule has 0 heterocycles.